The molecule has 0 saturated heterocycles. The summed E-state index contributed by atoms with van der Waals surface area (Å²) in [5.41, 5.74) is 11.3. The maximum Gasteiger partial charge on any atom is 0.248 e. The van der Waals surface area contributed by atoms with Crippen molar-refractivity contribution >= 4 is 11.8 Å². The van der Waals surface area contributed by atoms with Crippen LogP contribution in [0.5, 0.6) is 0 Å². The minimum atomic E-state index is -0.464. The van der Waals surface area contributed by atoms with Gasteiger partial charge in [-0.25, -0.2) is 0 Å². The fourth-order valence-electron chi connectivity index (χ4n) is 1.38. The van der Waals surface area contributed by atoms with Crippen LogP contribution in [0, 0.1) is 0 Å². The smallest absolute Gasteiger partial charge is 0.248 e. The zero-order valence-corrected chi connectivity index (χ0v) is 12.5. The predicted molar refractivity (Wildman–Crippen MR) is 87.1 cm³/mol. The van der Waals surface area contributed by atoms with Gasteiger partial charge in [-0.05, 0) is 32.4 Å². The van der Waals surface area contributed by atoms with Crippen molar-refractivity contribution in [2.75, 3.05) is 0 Å². The maximum absolute atomic E-state index is 11.1. The molecule has 0 fully saturated rings. The number of carbonyl (C=O) groups excluding carboxylic acids is 2. The highest BCUT2D eigenvalue weighted by molar-refractivity contribution is 5.95. The fraction of sp³-hybridized carbons (Fsp3) is 0.176. The van der Waals surface area contributed by atoms with E-state index in [-0.39, 0.29) is 0 Å². The number of hydrogen-bond donors (Lipinski definition) is 2. The molecule has 2 amide bonds. The summed E-state index contributed by atoms with van der Waals surface area (Å²) >= 11 is 0. The van der Waals surface area contributed by atoms with Gasteiger partial charge in [-0.1, -0.05) is 48.6 Å². The van der Waals surface area contributed by atoms with Crippen molar-refractivity contribution in [1.82, 2.24) is 0 Å². The molecule has 0 unspecified atom stereocenters. The van der Waals surface area contributed by atoms with Crippen LogP contribution in [-0.4, -0.2) is 11.8 Å². The molecule has 0 aromatic rings. The monoisotopic (exact) mass is 286 g/mol. The van der Waals surface area contributed by atoms with Crippen LogP contribution in [0.1, 0.15) is 20.3 Å². The van der Waals surface area contributed by atoms with Crippen molar-refractivity contribution in [2.45, 2.75) is 20.3 Å². The van der Waals surface area contributed by atoms with Crippen molar-refractivity contribution < 1.29 is 9.59 Å². The Bertz CT molecular complexity index is 485. The zero-order chi connectivity index (χ0) is 16.1. The largest absolute Gasteiger partial charge is 0.366 e. The molecule has 0 aliphatic rings. The first-order valence-corrected chi connectivity index (χ1v) is 6.61. The average molecular weight is 286 g/mol. The molecule has 4 N–H and O–H groups in total. The van der Waals surface area contributed by atoms with Crippen LogP contribution in [0.2, 0.25) is 0 Å². The summed E-state index contributed by atoms with van der Waals surface area (Å²) in [4.78, 5) is 22.1. The topological polar surface area (TPSA) is 86.2 Å². The van der Waals surface area contributed by atoms with Gasteiger partial charge in [0.15, 0.2) is 0 Å². The van der Waals surface area contributed by atoms with E-state index in [1.165, 1.54) is 0 Å². The molecule has 0 radical (unpaired) electrons. The van der Waals surface area contributed by atoms with Gasteiger partial charge in [0.05, 0.1) is 0 Å². The van der Waals surface area contributed by atoms with Gasteiger partial charge in [0.25, 0.3) is 0 Å². The van der Waals surface area contributed by atoms with Crippen LogP contribution >= 0.6 is 0 Å². The van der Waals surface area contributed by atoms with Crippen LogP contribution < -0.4 is 11.5 Å². The molecule has 4 nitrogen and oxygen atoms in total. The summed E-state index contributed by atoms with van der Waals surface area (Å²) in [5, 5.41) is 0. The lowest BCUT2D eigenvalue weighted by Gasteiger charge is -1.92. The molecular formula is C17H22N2O2. The Hall–Kier alpha value is -2.62. The van der Waals surface area contributed by atoms with Crippen LogP contribution in [0.15, 0.2) is 71.9 Å². The second-order valence-electron chi connectivity index (χ2n) is 4.06. The molecule has 112 valence electrons. The van der Waals surface area contributed by atoms with Crippen LogP contribution in [-0.2, 0) is 9.59 Å². The number of amides is 2. The Morgan fingerprint density at radius 3 is 1.48 bits per heavy atom. The maximum atomic E-state index is 11.1. The van der Waals surface area contributed by atoms with E-state index in [4.69, 9.17) is 11.5 Å². The second kappa shape index (κ2) is 11.2. The molecule has 0 spiro atoms. The van der Waals surface area contributed by atoms with Gasteiger partial charge in [0, 0.05) is 11.1 Å². The normalized spacial score (nSPS) is 14.0. The quantitative estimate of drug-likeness (QED) is 0.530. The minimum Gasteiger partial charge on any atom is -0.366 e. The van der Waals surface area contributed by atoms with Gasteiger partial charge < -0.3 is 11.5 Å². The fourth-order valence-corrected chi connectivity index (χ4v) is 1.38. The third kappa shape index (κ3) is 8.99. The molecule has 0 heterocycles. The molecule has 0 atom stereocenters. The number of nitrogens with two attached hydrogens (primary N) is 2. The molecule has 0 aromatic heterocycles. The van der Waals surface area contributed by atoms with Gasteiger partial charge in [-0.3, -0.25) is 9.59 Å². The van der Waals surface area contributed by atoms with E-state index in [0.717, 1.165) is 0 Å². The third-order valence-electron chi connectivity index (χ3n) is 2.36. The van der Waals surface area contributed by atoms with Crippen LogP contribution in [0.4, 0.5) is 0 Å². The van der Waals surface area contributed by atoms with Crippen molar-refractivity contribution in [3.05, 3.63) is 71.9 Å². The first kappa shape index (κ1) is 18.4. The van der Waals surface area contributed by atoms with Gasteiger partial charge in [0.2, 0.25) is 11.8 Å². The highest BCUT2D eigenvalue weighted by Crippen LogP contribution is 1.99. The Morgan fingerprint density at radius 1 is 0.810 bits per heavy atom. The van der Waals surface area contributed by atoms with Crippen molar-refractivity contribution in [2.24, 2.45) is 11.5 Å². The molecular weight excluding hydrogens is 264 g/mol. The summed E-state index contributed by atoms with van der Waals surface area (Å²) < 4.78 is 0. The summed E-state index contributed by atoms with van der Waals surface area (Å²) in [5.74, 6) is -0.928. The van der Waals surface area contributed by atoms with E-state index < -0.39 is 11.8 Å². The Kier molecular flexibility index (Phi) is 9.83. The lowest BCUT2D eigenvalue weighted by molar-refractivity contribution is -0.115. The molecule has 21 heavy (non-hydrogen) atoms. The van der Waals surface area contributed by atoms with Gasteiger partial charge in [-0.15, -0.1) is 0 Å². The number of primary amides is 2. The molecule has 0 bridgehead atoms. The number of rotatable bonds is 8. The molecule has 4 heteroatoms. The van der Waals surface area contributed by atoms with E-state index in [0.29, 0.717) is 17.6 Å². The Morgan fingerprint density at radius 2 is 1.19 bits per heavy atom. The standard InChI is InChI=1S/C17H22N2O2/c1-3-10-14(16(18)20)12-8-6-5-7-9-13-15(11-4-2)17(19)21/h3-4,6-13H,5H2,1-2H3,(H2,18,20)(H2,19,21). The van der Waals surface area contributed by atoms with Crippen molar-refractivity contribution in [3.8, 4) is 0 Å². The van der Waals surface area contributed by atoms with Gasteiger partial charge >= 0.3 is 0 Å². The van der Waals surface area contributed by atoms with E-state index in [2.05, 4.69) is 0 Å². The summed E-state index contributed by atoms with van der Waals surface area (Å²) in [6.45, 7) is 3.63. The summed E-state index contributed by atoms with van der Waals surface area (Å²) in [7, 11) is 0. The summed E-state index contributed by atoms with van der Waals surface area (Å²) in [6, 6.07) is 0. The first-order chi connectivity index (χ1) is 10.0. The first-order valence-electron chi connectivity index (χ1n) is 6.61. The lowest BCUT2D eigenvalue weighted by atomic mass is 10.2. The lowest BCUT2D eigenvalue weighted by Crippen LogP contribution is -2.12. The third-order valence-corrected chi connectivity index (χ3v) is 2.36. The molecule has 0 saturated carbocycles. The Balaban J connectivity index is 4.55. The van der Waals surface area contributed by atoms with E-state index in [1.54, 1.807) is 48.6 Å². The van der Waals surface area contributed by atoms with Gasteiger partial charge in [0.1, 0.15) is 0 Å². The second-order valence-corrected chi connectivity index (χ2v) is 4.06. The van der Waals surface area contributed by atoms with Gasteiger partial charge in [-0.2, -0.15) is 0 Å². The molecule has 0 aliphatic carbocycles. The zero-order valence-electron chi connectivity index (χ0n) is 12.5. The van der Waals surface area contributed by atoms with Crippen molar-refractivity contribution in [1.29, 1.82) is 0 Å². The Labute approximate surface area is 125 Å². The summed E-state index contributed by atoms with van der Waals surface area (Å²) in [6.07, 6.45) is 18.0. The highest BCUT2D eigenvalue weighted by atomic mass is 16.1. The SMILES string of the molecule is CC=CC(=CC=CCC=CC=C(C=CC)C(N)=O)C(N)=O. The molecule has 0 aliphatic heterocycles. The van der Waals surface area contributed by atoms with Crippen LogP contribution in [0.3, 0.4) is 0 Å². The average Bonchev–Trinajstić information content (AvgIpc) is 2.43. The number of carbonyl (C=O) groups is 2. The predicted octanol–water partition coefficient (Wildman–Crippen LogP) is 2.46. The van der Waals surface area contributed by atoms with E-state index in [1.807, 2.05) is 26.0 Å². The minimum absolute atomic E-state index is 0.446. The van der Waals surface area contributed by atoms with Crippen LogP contribution in [0.25, 0.3) is 0 Å². The van der Waals surface area contributed by atoms with E-state index in [9.17, 15) is 9.59 Å². The number of allylic oxidation sites excluding steroid dienone is 8. The molecule has 0 rings (SSSR count). The molecule has 0 aromatic carbocycles. The van der Waals surface area contributed by atoms with E-state index >= 15 is 0 Å². The van der Waals surface area contributed by atoms with Crippen molar-refractivity contribution in [3.63, 3.8) is 0 Å². The number of hydrogen-bond acceptors (Lipinski definition) is 2. The highest BCUT2D eigenvalue weighted by Gasteiger charge is 1.97.